The molecule has 4 atom stereocenters. The predicted molar refractivity (Wildman–Crippen MR) is 61.2 cm³/mol. The molecule has 13 heavy (non-hydrogen) atoms. The lowest BCUT2D eigenvalue weighted by Crippen LogP contribution is -2.24. The molecule has 2 rings (SSSR count). The lowest BCUT2D eigenvalue weighted by Gasteiger charge is -2.32. The summed E-state index contributed by atoms with van der Waals surface area (Å²) in [6, 6.07) is 0. The smallest absolute Gasteiger partial charge is 0.0176 e. The molecule has 2 fully saturated rings. The molecule has 76 valence electrons. The first-order chi connectivity index (χ1) is 6.27. The largest absolute Gasteiger partial charge is 0.0888 e. The van der Waals surface area contributed by atoms with Crippen LogP contribution in [0.15, 0.2) is 0 Å². The second-order valence-electron chi connectivity index (χ2n) is 5.14. The van der Waals surface area contributed by atoms with Gasteiger partial charge in [-0.2, -0.15) is 0 Å². The normalized spacial score (nSPS) is 46.6. The van der Waals surface area contributed by atoms with Gasteiger partial charge < -0.3 is 0 Å². The molecule has 0 bridgehead atoms. The van der Waals surface area contributed by atoms with E-state index in [1.54, 1.807) is 0 Å². The number of alkyl halides is 1. The SMILES string of the molecule is CC1CCCC(C2CCCC2Br)C1. The second kappa shape index (κ2) is 4.33. The van der Waals surface area contributed by atoms with E-state index in [-0.39, 0.29) is 0 Å². The highest BCUT2D eigenvalue weighted by molar-refractivity contribution is 9.09. The minimum atomic E-state index is 0.850. The average molecular weight is 245 g/mol. The van der Waals surface area contributed by atoms with Crippen LogP contribution in [0.5, 0.6) is 0 Å². The Labute approximate surface area is 90.6 Å². The van der Waals surface area contributed by atoms with Crippen molar-refractivity contribution >= 4 is 15.9 Å². The summed E-state index contributed by atoms with van der Waals surface area (Å²) in [5.41, 5.74) is 0. The number of rotatable bonds is 1. The van der Waals surface area contributed by atoms with Crippen LogP contribution < -0.4 is 0 Å². The van der Waals surface area contributed by atoms with Gasteiger partial charge in [0.25, 0.3) is 0 Å². The molecule has 0 N–H and O–H groups in total. The van der Waals surface area contributed by atoms with E-state index in [1.807, 2.05) is 0 Å². The van der Waals surface area contributed by atoms with E-state index in [1.165, 1.54) is 44.9 Å². The van der Waals surface area contributed by atoms with Crippen LogP contribution in [0.1, 0.15) is 51.9 Å². The third-order valence-electron chi connectivity index (χ3n) is 4.06. The highest BCUT2D eigenvalue weighted by atomic mass is 79.9. The Morgan fingerprint density at radius 2 is 1.77 bits per heavy atom. The first-order valence-corrected chi connectivity index (χ1v) is 6.83. The lowest BCUT2D eigenvalue weighted by atomic mass is 9.75. The molecule has 2 aliphatic carbocycles. The second-order valence-corrected chi connectivity index (χ2v) is 6.32. The van der Waals surface area contributed by atoms with Crippen LogP contribution >= 0.6 is 15.9 Å². The van der Waals surface area contributed by atoms with E-state index < -0.39 is 0 Å². The molecular formula is C12H21Br. The van der Waals surface area contributed by atoms with Gasteiger partial charge in [-0.3, -0.25) is 0 Å². The summed E-state index contributed by atoms with van der Waals surface area (Å²) < 4.78 is 0. The van der Waals surface area contributed by atoms with Crippen LogP contribution in [0, 0.1) is 17.8 Å². The van der Waals surface area contributed by atoms with Crippen molar-refractivity contribution in [2.45, 2.75) is 56.7 Å². The molecule has 0 amide bonds. The molecule has 0 radical (unpaired) electrons. The Bertz CT molecular complexity index is 167. The van der Waals surface area contributed by atoms with Crippen molar-refractivity contribution in [3.63, 3.8) is 0 Å². The highest BCUT2D eigenvalue weighted by Gasteiger charge is 2.33. The van der Waals surface area contributed by atoms with Crippen molar-refractivity contribution in [3.05, 3.63) is 0 Å². The summed E-state index contributed by atoms with van der Waals surface area (Å²) in [6.45, 7) is 2.43. The molecule has 0 nitrogen and oxygen atoms in total. The first-order valence-electron chi connectivity index (χ1n) is 5.91. The van der Waals surface area contributed by atoms with Gasteiger partial charge in [-0.25, -0.2) is 0 Å². The standard InChI is InChI=1S/C12H21Br/c1-9-4-2-5-10(8-9)11-6-3-7-12(11)13/h9-12H,2-8H2,1H3. The van der Waals surface area contributed by atoms with Gasteiger partial charge >= 0.3 is 0 Å². The molecule has 0 spiro atoms. The summed E-state index contributed by atoms with van der Waals surface area (Å²) in [6.07, 6.45) is 10.4. The zero-order chi connectivity index (χ0) is 9.26. The molecule has 2 saturated carbocycles. The van der Waals surface area contributed by atoms with Crippen LogP contribution in [-0.4, -0.2) is 4.83 Å². The fourth-order valence-corrected chi connectivity index (χ4v) is 4.36. The van der Waals surface area contributed by atoms with E-state index >= 15 is 0 Å². The van der Waals surface area contributed by atoms with Gasteiger partial charge in [-0.05, 0) is 37.0 Å². The van der Waals surface area contributed by atoms with Crippen LogP contribution in [-0.2, 0) is 0 Å². The minimum Gasteiger partial charge on any atom is -0.0888 e. The van der Waals surface area contributed by atoms with E-state index in [4.69, 9.17) is 0 Å². The summed E-state index contributed by atoms with van der Waals surface area (Å²) in [5, 5.41) is 0. The molecule has 0 aromatic rings. The van der Waals surface area contributed by atoms with Crippen molar-refractivity contribution in [3.8, 4) is 0 Å². The van der Waals surface area contributed by atoms with Gasteiger partial charge in [0.2, 0.25) is 0 Å². The van der Waals surface area contributed by atoms with E-state index in [2.05, 4.69) is 22.9 Å². The molecular weight excluding hydrogens is 224 g/mol. The Balaban J connectivity index is 1.91. The molecule has 0 heterocycles. The summed E-state index contributed by atoms with van der Waals surface area (Å²) in [4.78, 5) is 0.850. The quantitative estimate of drug-likeness (QED) is 0.601. The molecule has 0 saturated heterocycles. The maximum Gasteiger partial charge on any atom is 0.0176 e. The lowest BCUT2D eigenvalue weighted by molar-refractivity contribution is 0.211. The van der Waals surface area contributed by atoms with Crippen LogP contribution in [0.2, 0.25) is 0 Å². The Morgan fingerprint density at radius 1 is 1.00 bits per heavy atom. The maximum absolute atomic E-state index is 3.86. The van der Waals surface area contributed by atoms with Crippen molar-refractivity contribution in [2.75, 3.05) is 0 Å². The van der Waals surface area contributed by atoms with Gasteiger partial charge in [0.1, 0.15) is 0 Å². The first kappa shape index (κ1) is 10.0. The molecule has 0 aromatic heterocycles. The third-order valence-corrected chi connectivity index (χ3v) is 5.20. The number of hydrogen-bond acceptors (Lipinski definition) is 0. The monoisotopic (exact) mass is 244 g/mol. The molecule has 1 heteroatoms. The molecule has 2 aliphatic rings. The maximum atomic E-state index is 3.86. The van der Waals surface area contributed by atoms with Gasteiger partial charge in [0.15, 0.2) is 0 Å². The summed E-state index contributed by atoms with van der Waals surface area (Å²) in [7, 11) is 0. The van der Waals surface area contributed by atoms with Crippen molar-refractivity contribution in [2.24, 2.45) is 17.8 Å². The van der Waals surface area contributed by atoms with Crippen molar-refractivity contribution < 1.29 is 0 Å². The zero-order valence-corrected chi connectivity index (χ0v) is 10.2. The fourth-order valence-electron chi connectivity index (χ4n) is 3.34. The number of halogens is 1. The van der Waals surface area contributed by atoms with Crippen LogP contribution in [0.25, 0.3) is 0 Å². The third kappa shape index (κ3) is 2.29. The Hall–Kier alpha value is 0.480. The highest BCUT2D eigenvalue weighted by Crippen LogP contribution is 2.43. The zero-order valence-electron chi connectivity index (χ0n) is 8.64. The predicted octanol–water partition coefficient (Wildman–Crippen LogP) is 4.38. The van der Waals surface area contributed by atoms with E-state index in [9.17, 15) is 0 Å². The van der Waals surface area contributed by atoms with Gasteiger partial charge in [-0.15, -0.1) is 0 Å². The summed E-state index contributed by atoms with van der Waals surface area (Å²) >= 11 is 3.86. The minimum absolute atomic E-state index is 0.850. The van der Waals surface area contributed by atoms with Gasteiger partial charge in [0, 0.05) is 4.83 Å². The topological polar surface area (TPSA) is 0 Å². The van der Waals surface area contributed by atoms with Gasteiger partial charge in [0.05, 0.1) is 0 Å². The van der Waals surface area contributed by atoms with E-state index in [0.717, 1.165) is 22.6 Å². The summed E-state index contributed by atoms with van der Waals surface area (Å²) in [5.74, 6) is 3.07. The van der Waals surface area contributed by atoms with E-state index in [0.29, 0.717) is 0 Å². The van der Waals surface area contributed by atoms with Crippen molar-refractivity contribution in [1.82, 2.24) is 0 Å². The molecule has 4 unspecified atom stereocenters. The number of hydrogen-bond donors (Lipinski definition) is 0. The van der Waals surface area contributed by atoms with Crippen LogP contribution in [0.3, 0.4) is 0 Å². The Morgan fingerprint density at radius 3 is 2.38 bits per heavy atom. The van der Waals surface area contributed by atoms with Gasteiger partial charge in [-0.1, -0.05) is 48.5 Å². The molecule has 0 aromatic carbocycles. The average Bonchev–Trinajstić information content (AvgIpc) is 2.51. The Kier molecular flexibility index (Phi) is 3.34. The fraction of sp³-hybridized carbons (Fsp3) is 1.00. The van der Waals surface area contributed by atoms with Crippen molar-refractivity contribution in [1.29, 1.82) is 0 Å². The van der Waals surface area contributed by atoms with Crippen LogP contribution in [0.4, 0.5) is 0 Å². The molecule has 0 aliphatic heterocycles.